The van der Waals surface area contributed by atoms with Crippen molar-refractivity contribution in [2.24, 2.45) is 0 Å². The van der Waals surface area contributed by atoms with Gasteiger partial charge in [-0.3, -0.25) is 0 Å². The van der Waals surface area contributed by atoms with Crippen LogP contribution >= 0.6 is 18.9 Å². The quantitative estimate of drug-likeness (QED) is 0.676. The molecule has 60 valence electrons. The van der Waals surface area contributed by atoms with Gasteiger partial charge in [-0.05, 0) is 6.07 Å². The summed E-state index contributed by atoms with van der Waals surface area (Å²) in [5, 5.41) is 0. The molecule has 11 heavy (non-hydrogen) atoms. The molecule has 1 rings (SSSR count). The lowest BCUT2D eigenvalue weighted by Crippen LogP contribution is -1.86. The first-order valence-corrected chi connectivity index (χ1v) is 4.09. The average molecular weight is 188 g/mol. The van der Waals surface area contributed by atoms with Crippen molar-refractivity contribution in [3.63, 3.8) is 0 Å². The van der Waals surface area contributed by atoms with E-state index in [0.717, 1.165) is 11.3 Å². The smallest absolute Gasteiger partial charge is 0.128 e. The van der Waals surface area contributed by atoms with Gasteiger partial charge in [-0.2, -0.15) is 0 Å². The number of hydrogen-bond donors (Lipinski definition) is 0. The monoisotopic (exact) mass is 188 g/mol. The van der Waals surface area contributed by atoms with Crippen molar-refractivity contribution in [1.29, 1.82) is 0 Å². The summed E-state index contributed by atoms with van der Waals surface area (Å²) in [6.45, 7) is 0.551. The van der Waals surface area contributed by atoms with Crippen molar-refractivity contribution in [2.45, 2.75) is 6.61 Å². The molecule has 2 nitrogen and oxygen atoms in total. The van der Waals surface area contributed by atoms with Gasteiger partial charge in [0.25, 0.3) is 0 Å². The summed E-state index contributed by atoms with van der Waals surface area (Å²) in [7, 11) is 4.42. The van der Waals surface area contributed by atoms with E-state index in [9.17, 15) is 0 Å². The molecule has 0 saturated heterocycles. The minimum absolute atomic E-state index is 0.551. The summed E-state index contributed by atoms with van der Waals surface area (Å²) < 4.78 is 9.92. The lowest BCUT2D eigenvalue weighted by atomic mass is 10.2. The van der Waals surface area contributed by atoms with Crippen LogP contribution < -0.4 is 4.52 Å². The fourth-order valence-electron chi connectivity index (χ4n) is 0.828. The largest absolute Gasteiger partial charge is 0.480 e. The molecule has 0 bridgehead atoms. The Balaban J connectivity index is 2.83. The maximum atomic E-state index is 5.03. The molecule has 0 heterocycles. The minimum Gasteiger partial charge on any atom is -0.480 e. The lowest BCUT2D eigenvalue weighted by Gasteiger charge is -2.05. The molecule has 0 aliphatic heterocycles. The Morgan fingerprint density at radius 2 is 1.91 bits per heavy atom. The standard InChI is InChI=1S/C7H10O2P2/c10-8-5-6-3-1-2-4-7(6)9-11/h1-4H,5,10-11H2. The SMILES string of the molecule is POCc1ccccc1OP. The van der Waals surface area contributed by atoms with Crippen molar-refractivity contribution < 1.29 is 9.05 Å². The fourth-order valence-corrected chi connectivity index (χ4v) is 1.24. The van der Waals surface area contributed by atoms with E-state index in [1.165, 1.54) is 0 Å². The van der Waals surface area contributed by atoms with Gasteiger partial charge in [-0.15, -0.1) is 0 Å². The summed E-state index contributed by atoms with van der Waals surface area (Å²) in [4.78, 5) is 0. The summed E-state index contributed by atoms with van der Waals surface area (Å²) >= 11 is 0. The van der Waals surface area contributed by atoms with Crippen molar-refractivity contribution in [3.8, 4) is 5.75 Å². The predicted octanol–water partition coefficient (Wildman–Crippen LogP) is 2.16. The third-order valence-corrected chi connectivity index (χ3v) is 1.76. The molecule has 0 N–H and O–H groups in total. The zero-order chi connectivity index (χ0) is 8.10. The molecule has 0 spiro atoms. The first-order chi connectivity index (χ1) is 5.38. The Kier molecular flexibility index (Phi) is 3.79. The van der Waals surface area contributed by atoms with Crippen molar-refractivity contribution in [3.05, 3.63) is 29.8 Å². The molecule has 0 aromatic heterocycles. The maximum absolute atomic E-state index is 5.03. The number of rotatable bonds is 3. The third-order valence-electron chi connectivity index (χ3n) is 1.34. The second-order valence-electron chi connectivity index (χ2n) is 2.04. The molecule has 4 heteroatoms. The summed E-state index contributed by atoms with van der Waals surface area (Å²) in [5.74, 6) is 0.833. The number of benzene rings is 1. The molecule has 0 fully saturated rings. The highest BCUT2D eigenvalue weighted by Crippen LogP contribution is 2.20. The Morgan fingerprint density at radius 1 is 1.18 bits per heavy atom. The van der Waals surface area contributed by atoms with E-state index in [-0.39, 0.29) is 0 Å². The van der Waals surface area contributed by atoms with E-state index in [1.54, 1.807) is 0 Å². The van der Waals surface area contributed by atoms with Crippen LogP contribution in [0.4, 0.5) is 0 Å². The molecule has 1 aromatic carbocycles. The molecule has 0 aliphatic rings. The van der Waals surface area contributed by atoms with Gasteiger partial charge in [0.05, 0.1) is 16.1 Å². The van der Waals surface area contributed by atoms with Crippen LogP contribution in [0, 0.1) is 0 Å². The first kappa shape index (κ1) is 8.93. The Hall–Kier alpha value is -0.160. The van der Waals surface area contributed by atoms with Crippen LogP contribution in [0.25, 0.3) is 0 Å². The summed E-state index contributed by atoms with van der Waals surface area (Å²) in [6, 6.07) is 7.73. The first-order valence-electron chi connectivity index (χ1n) is 3.15. The van der Waals surface area contributed by atoms with Gasteiger partial charge in [-0.1, -0.05) is 18.2 Å². The molecule has 0 saturated carbocycles. The van der Waals surface area contributed by atoms with Crippen molar-refractivity contribution >= 4 is 18.9 Å². The van der Waals surface area contributed by atoms with E-state index >= 15 is 0 Å². The van der Waals surface area contributed by atoms with Gasteiger partial charge in [-0.25, -0.2) is 0 Å². The molecule has 0 aliphatic carbocycles. The van der Waals surface area contributed by atoms with Gasteiger partial charge in [0.2, 0.25) is 0 Å². The fraction of sp³-hybridized carbons (Fsp3) is 0.143. The molecule has 0 radical (unpaired) electrons. The van der Waals surface area contributed by atoms with E-state index in [1.807, 2.05) is 24.3 Å². The molecule has 1 aromatic rings. The zero-order valence-corrected chi connectivity index (χ0v) is 8.30. The van der Waals surface area contributed by atoms with Gasteiger partial charge in [0.15, 0.2) is 0 Å². The van der Waals surface area contributed by atoms with Crippen molar-refractivity contribution in [1.82, 2.24) is 0 Å². The Morgan fingerprint density at radius 3 is 2.55 bits per heavy atom. The number of hydrogen-bond acceptors (Lipinski definition) is 2. The average Bonchev–Trinajstić information content (AvgIpc) is 2.06. The Labute approximate surface area is 70.9 Å². The third kappa shape index (κ3) is 2.41. The molecule has 0 amide bonds. The minimum atomic E-state index is 0.551. The molecule has 2 atom stereocenters. The summed E-state index contributed by atoms with van der Waals surface area (Å²) in [5.41, 5.74) is 1.04. The van der Waals surface area contributed by atoms with Gasteiger partial charge >= 0.3 is 0 Å². The maximum Gasteiger partial charge on any atom is 0.128 e. The van der Waals surface area contributed by atoms with Gasteiger partial charge < -0.3 is 9.05 Å². The van der Waals surface area contributed by atoms with Crippen LogP contribution in [0.5, 0.6) is 5.75 Å². The topological polar surface area (TPSA) is 18.5 Å². The molecule has 2 unspecified atom stereocenters. The highest BCUT2D eigenvalue weighted by Gasteiger charge is 1.98. The zero-order valence-electron chi connectivity index (χ0n) is 5.99. The van der Waals surface area contributed by atoms with Gasteiger partial charge in [0, 0.05) is 15.0 Å². The second kappa shape index (κ2) is 4.66. The van der Waals surface area contributed by atoms with E-state index in [2.05, 4.69) is 18.9 Å². The normalized spacial score (nSPS) is 9.64. The highest BCUT2D eigenvalue weighted by molar-refractivity contribution is 7.10. The van der Waals surface area contributed by atoms with E-state index in [0.29, 0.717) is 6.61 Å². The second-order valence-corrected chi connectivity index (χ2v) is 2.61. The van der Waals surface area contributed by atoms with E-state index < -0.39 is 0 Å². The van der Waals surface area contributed by atoms with Gasteiger partial charge in [0.1, 0.15) is 5.75 Å². The molecular weight excluding hydrogens is 178 g/mol. The highest BCUT2D eigenvalue weighted by atomic mass is 31.0. The van der Waals surface area contributed by atoms with Crippen LogP contribution in [-0.4, -0.2) is 0 Å². The van der Waals surface area contributed by atoms with Crippen LogP contribution in [-0.2, 0) is 11.1 Å². The lowest BCUT2D eigenvalue weighted by molar-refractivity contribution is 0.357. The predicted molar refractivity (Wildman–Crippen MR) is 51.3 cm³/mol. The van der Waals surface area contributed by atoms with E-state index in [4.69, 9.17) is 9.05 Å². The van der Waals surface area contributed by atoms with Crippen molar-refractivity contribution in [2.75, 3.05) is 0 Å². The van der Waals surface area contributed by atoms with Crippen LogP contribution in [0.3, 0.4) is 0 Å². The Bertz CT molecular complexity index is 227. The van der Waals surface area contributed by atoms with Crippen LogP contribution in [0.1, 0.15) is 5.56 Å². The van der Waals surface area contributed by atoms with Crippen LogP contribution in [0.2, 0.25) is 0 Å². The summed E-state index contributed by atoms with van der Waals surface area (Å²) in [6.07, 6.45) is 0. The number of para-hydroxylation sites is 1. The van der Waals surface area contributed by atoms with Crippen LogP contribution in [0.15, 0.2) is 24.3 Å². The molecular formula is C7H10O2P2.